The summed E-state index contributed by atoms with van der Waals surface area (Å²) in [4.78, 5) is 10.8. The third-order valence-electron chi connectivity index (χ3n) is 3.36. The summed E-state index contributed by atoms with van der Waals surface area (Å²) < 4.78 is 5.50. The van der Waals surface area contributed by atoms with E-state index >= 15 is 0 Å². The summed E-state index contributed by atoms with van der Waals surface area (Å²) in [7, 11) is 3.73. The van der Waals surface area contributed by atoms with Gasteiger partial charge in [0.1, 0.15) is 6.33 Å². The molecule has 19 heavy (non-hydrogen) atoms. The number of nitrogens with one attached hydrogen (secondary N) is 1. The topological polar surface area (TPSA) is 50.3 Å². The Labute approximate surface area is 116 Å². The Morgan fingerprint density at radius 1 is 1.26 bits per heavy atom. The third kappa shape index (κ3) is 3.72. The third-order valence-corrected chi connectivity index (χ3v) is 3.36. The van der Waals surface area contributed by atoms with Crippen molar-refractivity contribution in [2.75, 3.05) is 30.9 Å². The lowest BCUT2D eigenvalue weighted by molar-refractivity contribution is 0.410. The summed E-state index contributed by atoms with van der Waals surface area (Å²) in [5.41, 5.74) is 0. The lowest BCUT2D eigenvalue weighted by Crippen LogP contribution is -2.31. The highest BCUT2D eigenvalue weighted by molar-refractivity contribution is 5.64. The minimum Gasteiger partial charge on any atom is -0.490 e. The van der Waals surface area contributed by atoms with E-state index in [1.54, 1.807) is 13.4 Å². The maximum Gasteiger partial charge on any atom is 0.204 e. The number of methoxy groups -OCH3 is 1. The summed E-state index contributed by atoms with van der Waals surface area (Å²) >= 11 is 0. The molecule has 1 heterocycles. The average Bonchev–Trinajstić information content (AvgIpc) is 2.45. The van der Waals surface area contributed by atoms with E-state index in [9.17, 15) is 0 Å². The van der Waals surface area contributed by atoms with E-state index in [2.05, 4.69) is 48.0 Å². The van der Waals surface area contributed by atoms with Gasteiger partial charge in [-0.15, -0.1) is 0 Å². The van der Waals surface area contributed by atoms with Gasteiger partial charge >= 0.3 is 0 Å². The van der Waals surface area contributed by atoms with Crippen LogP contribution in [0.3, 0.4) is 0 Å². The Balaban J connectivity index is 3.05. The molecule has 0 saturated heterocycles. The number of rotatable bonds is 8. The van der Waals surface area contributed by atoms with Gasteiger partial charge in [0.25, 0.3) is 0 Å². The van der Waals surface area contributed by atoms with Crippen molar-refractivity contribution in [1.29, 1.82) is 0 Å². The fourth-order valence-corrected chi connectivity index (χ4v) is 2.18. The number of hydrogen-bond acceptors (Lipinski definition) is 5. The lowest BCUT2D eigenvalue weighted by Gasteiger charge is -2.28. The molecule has 0 aromatic carbocycles. The van der Waals surface area contributed by atoms with Crippen LogP contribution in [-0.4, -0.2) is 36.7 Å². The first-order valence-corrected chi connectivity index (χ1v) is 7.05. The van der Waals surface area contributed by atoms with Crippen molar-refractivity contribution < 1.29 is 4.74 Å². The van der Waals surface area contributed by atoms with E-state index in [4.69, 9.17) is 4.74 Å². The number of nitrogens with zero attached hydrogens (tertiary/aromatic N) is 3. The molecule has 0 aliphatic heterocycles. The molecule has 0 saturated carbocycles. The molecule has 1 N–H and O–H groups in total. The van der Waals surface area contributed by atoms with E-state index in [-0.39, 0.29) is 0 Å². The maximum atomic E-state index is 5.50. The molecule has 1 aromatic heterocycles. The molecule has 108 valence electrons. The largest absolute Gasteiger partial charge is 0.490 e. The molecule has 0 aliphatic carbocycles. The lowest BCUT2D eigenvalue weighted by atomic mass is 10.1. The second-order valence-electron chi connectivity index (χ2n) is 4.59. The van der Waals surface area contributed by atoms with Gasteiger partial charge in [0, 0.05) is 19.6 Å². The zero-order valence-corrected chi connectivity index (χ0v) is 12.7. The zero-order valence-electron chi connectivity index (χ0n) is 12.7. The van der Waals surface area contributed by atoms with E-state index in [1.165, 1.54) is 0 Å². The molecule has 0 fully saturated rings. The van der Waals surface area contributed by atoms with Crippen LogP contribution in [0.25, 0.3) is 0 Å². The van der Waals surface area contributed by atoms with Crippen LogP contribution in [0.5, 0.6) is 5.75 Å². The number of hydrogen-bond donors (Lipinski definition) is 1. The van der Waals surface area contributed by atoms with Gasteiger partial charge in [0.05, 0.1) is 7.11 Å². The maximum absolute atomic E-state index is 5.50. The summed E-state index contributed by atoms with van der Waals surface area (Å²) in [6, 6.07) is 0.461. The first kappa shape index (κ1) is 15.5. The molecule has 5 nitrogen and oxygen atoms in total. The van der Waals surface area contributed by atoms with Gasteiger partial charge < -0.3 is 15.0 Å². The van der Waals surface area contributed by atoms with Crippen LogP contribution >= 0.6 is 0 Å². The minimum atomic E-state index is 0.461. The van der Waals surface area contributed by atoms with Gasteiger partial charge in [0.15, 0.2) is 11.6 Å². The predicted octanol–water partition coefficient (Wildman–Crippen LogP) is 2.93. The average molecular weight is 266 g/mol. The molecule has 0 atom stereocenters. The molecule has 5 heteroatoms. The molecule has 1 rings (SSSR count). The monoisotopic (exact) mass is 266 g/mol. The summed E-state index contributed by atoms with van der Waals surface area (Å²) in [6.07, 6.45) is 4.80. The van der Waals surface area contributed by atoms with Gasteiger partial charge in [0.2, 0.25) is 5.75 Å². The van der Waals surface area contributed by atoms with Crippen LogP contribution in [0.4, 0.5) is 11.6 Å². The first-order chi connectivity index (χ1) is 9.19. The van der Waals surface area contributed by atoms with Crippen LogP contribution in [0, 0.1) is 0 Å². The smallest absolute Gasteiger partial charge is 0.204 e. The summed E-state index contributed by atoms with van der Waals surface area (Å²) in [5, 5.41) is 3.28. The fourth-order valence-electron chi connectivity index (χ4n) is 2.18. The number of ether oxygens (including phenoxy) is 1. The highest BCUT2D eigenvalue weighted by Gasteiger charge is 2.19. The van der Waals surface area contributed by atoms with Crippen molar-refractivity contribution >= 4 is 11.6 Å². The van der Waals surface area contributed by atoms with Crippen LogP contribution in [-0.2, 0) is 0 Å². The molecule has 0 bridgehead atoms. The van der Waals surface area contributed by atoms with Gasteiger partial charge in [-0.1, -0.05) is 20.8 Å². The van der Waals surface area contributed by atoms with Crippen LogP contribution < -0.4 is 15.0 Å². The Hall–Kier alpha value is -1.52. The Bertz CT molecular complexity index is 380. The van der Waals surface area contributed by atoms with Crippen LogP contribution in [0.15, 0.2) is 6.33 Å². The van der Waals surface area contributed by atoms with E-state index < -0.39 is 0 Å². The van der Waals surface area contributed by atoms with Crippen molar-refractivity contribution in [3.8, 4) is 5.75 Å². The van der Waals surface area contributed by atoms with Gasteiger partial charge in [-0.2, -0.15) is 0 Å². The highest BCUT2D eigenvalue weighted by atomic mass is 16.5. The Morgan fingerprint density at radius 2 is 1.95 bits per heavy atom. The van der Waals surface area contributed by atoms with Crippen LogP contribution in [0.1, 0.15) is 40.0 Å². The van der Waals surface area contributed by atoms with Crippen molar-refractivity contribution in [2.24, 2.45) is 0 Å². The van der Waals surface area contributed by atoms with Gasteiger partial charge in [-0.25, -0.2) is 9.97 Å². The molecule has 0 spiro atoms. The first-order valence-electron chi connectivity index (χ1n) is 7.05. The second-order valence-corrected chi connectivity index (χ2v) is 4.59. The van der Waals surface area contributed by atoms with E-state index in [0.717, 1.165) is 43.2 Å². The van der Waals surface area contributed by atoms with Gasteiger partial charge in [-0.3, -0.25) is 0 Å². The summed E-state index contributed by atoms with van der Waals surface area (Å²) in [5.74, 6) is 2.35. The quantitative estimate of drug-likeness (QED) is 0.784. The normalized spacial score (nSPS) is 10.6. The van der Waals surface area contributed by atoms with Crippen molar-refractivity contribution in [3.63, 3.8) is 0 Å². The Kier molecular flexibility index (Phi) is 6.39. The highest BCUT2D eigenvalue weighted by Crippen LogP contribution is 2.32. The van der Waals surface area contributed by atoms with Crippen LogP contribution in [0.2, 0.25) is 0 Å². The van der Waals surface area contributed by atoms with E-state index in [0.29, 0.717) is 6.04 Å². The Morgan fingerprint density at radius 3 is 2.47 bits per heavy atom. The number of aromatic nitrogens is 2. The van der Waals surface area contributed by atoms with Crippen molar-refractivity contribution in [2.45, 2.75) is 46.1 Å². The number of anilines is 2. The molecular formula is C14H26N4O. The minimum absolute atomic E-state index is 0.461. The SMILES string of the molecule is CCCNc1ncnc(N(C)C(CC)CC)c1OC. The van der Waals surface area contributed by atoms with Gasteiger partial charge in [-0.05, 0) is 19.3 Å². The summed E-state index contributed by atoms with van der Waals surface area (Å²) in [6.45, 7) is 7.38. The molecule has 0 aliphatic rings. The molecule has 0 unspecified atom stereocenters. The standard InChI is InChI=1S/C14H26N4O/c1-6-9-15-13-12(19-5)14(17-10-16-13)18(4)11(7-2)8-3/h10-11H,6-9H2,1-5H3,(H,15,16,17). The van der Waals surface area contributed by atoms with E-state index in [1.807, 2.05) is 0 Å². The zero-order chi connectivity index (χ0) is 14.3. The van der Waals surface area contributed by atoms with Crippen molar-refractivity contribution in [1.82, 2.24) is 9.97 Å². The second kappa shape index (κ2) is 7.81. The molecular weight excluding hydrogens is 240 g/mol. The fraction of sp³-hybridized carbons (Fsp3) is 0.714. The molecule has 0 radical (unpaired) electrons. The molecule has 1 aromatic rings. The predicted molar refractivity (Wildman–Crippen MR) is 80.1 cm³/mol. The molecule has 0 amide bonds. The van der Waals surface area contributed by atoms with Crippen molar-refractivity contribution in [3.05, 3.63) is 6.33 Å².